The van der Waals surface area contributed by atoms with Crippen LogP contribution in [0, 0.1) is 0 Å². The molecular formula is C6H12O8. The normalized spacial score (nSPS) is 42.7. The largest absolute Gasteiger partial charge is 0.479 e. The molecule has 8 nitrogen and oxygen atoms in total. The van der Waals surface area contributed by atoms with Crippen LogP contribution in [0.15, 0.2) is 0 Å². The van der Waals surface area contributed by atoms with Gasteiger partial charge in [-0.2, -0.15) is 0 Å². The van der Waals surface area contributed by atoms with E-state index < -0.39 is 36.7 Å². The highest BCUT2D eigenvalue weighted by Crippen LogP contribution is 2.19. The van der Waals surface area contributed by atoms with Gasteiger partial charge in [0, 0.05) is 0 Å². The minimum absolute atomic E-state index is 0. The van der Waals surface area contributed by atoms with E-state index in [4.69, 9.17) is 25.5 Å². The van der Waals surface area contributed by atoms with Gasteiger partial charge in [-0.3, -0.25) is 0 Å². The molecule has 0 saturated carbocycles. The predicted molar refractivity (Wildman–Crippen MR) is 40.1 cm³/mol. The van der Waals surface area contributed by atoms with Crippen LogP contribution in [0.5, 0.6) is 0 Å². The molecule has 84 valence electrons. The van der Waals surface area contributed by atoms with Crippen LogP contribution in [0.4, 0.5) is 0 Å². The minimum Gasteiger partial charge on any atom is -0.479 e. The standard InChI is InChI=1S/C6H10O7.H2O/c7-1-2(8)4(5(10)11)13-6(12)3(1)9;/h1-4,6-9,12H,(H,10,11);1H2/t1-,2-,3-,4?,6-;/m1./s1. The number of hydrogen-bond donors (Lipinski definition) is 5. The number of aliphatic hydroxyl groups is 4. The van der Waals surface area contributed by atoms with Gasteiger partial charge >= 0.3 is 5.97 Å². The van der Waals surface area contributed by atoms with Crippen molar-refractivity contribution in [2.24, 2.45) is 0 Å². The van der Waals surface area contributed by atoms with Gasteiger partial charge in [0.1, 0.15) is 18.3 Å². The third kappa shape index (κ3) is 2.18. The maximum absolute atomic E-state index is 10.4. The van der Waals surface area contributed by atoms with Crippen LogP contribution < -0.4 is 0 Å². The fourth-order valence-corrected chi connectivity index (χ4v) is 1.07. The first-order valence-electron chi connectivity index (χ1n) is 3.55. The number of carboxylic acids is 1. The van der Waals surface area contributed by atoms with Crippen molar-refractivity contribution in [3.8, 4) is 0 Å². The number of carbonyl (C=O) groups is 1. The summed E-state index contributed by atoms with van der Waals surface area (Å²) in [5.41, 5.74) is 0. The van der Waals surface area contributed by atoms with E-state index in [1.165, 1.54) is 0 Å². The van der Waals surface area contributed by atoms with Crippen molar-refractivity contribution in [1.29, 1.82) is 0 Å². The molecule has 8 heteroatoms. The smallest absolute Gasteiger partial charge is 0.335 e. The lowest BCUT2D eigenvalue weighted by molar-refractivity contribution is -0.279. The second-order valence-corrected chi connectivity index (χ2v) is 2.76. The number of hydrogen-bond acceptors (Lipinski definition) is 6. The summed E-state index contributed by atoms with van der Waals surface area (Å²) in [6, 6.07) is 0. The molecule has 0 aromatic heterocycles. The highest BCUT2D eigenvalue weighted by atomic mass is 16.6. The predicted octanol–water partition coefficient (Wildman–Crippen LogP) is -3.95. The van der Waals surface area contributed by atoms with E-state index >= 15 is 0 Å². The minimum atomic E-state index is -1.81. The Morgan fingerprint density at radius 1 is 1.00 bits per heavy atom. The molecule has 1 saturated heterocycles. The van der Waals surface area contributed by atoms with Crippen LogP contribution in [0.1, 0.15) is 0 Å². The molecule has 7 N–H and O–H groups in total. The van der Waals surface area contributed by atoms with Gasteiger partial charge in [-0.05, 0) is 0 Å². The molecular weight excluding hydrogens is 200 g/mol. The molecule has 1 unspecified atom stereocenters. The van der Waals surface area contributed by atoms with Crippen LogP contribution in [-0.2, 0) is 9.53 Å². The summed E-state index contributed by atoms with van der Waals surface area (Å²) in [7, 11) is 0. The molecule has 0 aliphatic carbocycles. The highest BCUT2D eigenvalue weighted by Gasteiger charge is 2.46. The zero-order valence-corrected chi connectivity index (χ0v) is 6.94. The van der Waals surface area contributed by atoms with Crippen LogP contribution in [0.2, 0.25) is 0 Å². The summed E-state index contributed by atoms with van der Waals surface area (Å²) in [5.74, 6) is -1.52. The van der Waals surface area contributed by atoms with Gasteiger partial charge in [0.2, 0.25) is 0 Å². The van der Waals surface area contributed by atoms with Crippen molar-refractivity contribution in [1.82, 2.24) is 0 Å². The van der Waals surface area contributed by atoms with E-state index in [-0.39, 0.29) is 5.48 Å². The number of aliphatic hydroxyl groups excluding tert-OH is 4. The summed E-state index contributed by atoms with van der Waals surface area (Å²) in [6.07, 6.45) is -8.72. The molecule has 0 aromatic rings. The fourth-order valence-electron chi connectivity index (χ4n) is 1.07. The maximum atomic E-state index is 10.4. The lowest BCUT2D eigenvalue weighted by Gasteiger charge is -2.36. The van der Waals surface area contributed by atoms with Gasteiger partial charge in [0.25, 0.3) is 0 Å². The third-order valence-corrected chi connectivity index (χ3v) is 1.83. The summed E-state index contributed by atoms with van der Waals surface area (Å²) < 4.78 is 4.34. The molecule has 0 aromatic carbocycles. The summed E-state index contributed by atoms with van der Waals surface area (Å²) in [4.78, 5) is 10.4. The first-order valence-corrected chi connectivity index (χ1v) is 3.55. The van der Waals surface area contributed by atoms with Gasteiger partial charge < -0.3 is 35.7 Å². The lowest BCUT2D eigenvalue weighted by Crippen LogP contribution is -2.59. The molecule has 0 amide bonds. The van der Waals surface area contributed by atoms with Crippen molar-refractivity contribution in [2.45, 2.75) is 30.7 Å². The van der Waals surface area contributed by atoms with Gasteiger partial charge in [-0.25, -0.2) is 4.79 Å². The zero-order valence-electron chi connectivity index (χ0n) is 6.94. The van der Waals surface area contributed by atoms with Crippen molar-refractivity contribution in [2.75, 3.05) is 0 Å². The van der Waals surface area contributed by atoms with Crippen molar-refractivity contribution in [3.63, 3.8) is 0 Å². The van der Waals surface area contributed by atoms with E-state index in [1.807, 2.05) is 0 Å². The molecule has 0 radical (unpaired) electrons. The third-order valence-electron chi connectivity index (χ3n) is 1.83. The van der Waals surface area contributed by atoms with E-state index in [0.717, 1.165) is 0 Å². The molecule has 1 heterocycles. The van der Waals surface area contributed by atoms with Crippen molar-refractivity contribution >= 4 is 5.97 Å². The fraction of sp³-hybridized carbons (Fsp3) is 0.833. The number of aliphatic carboxylic acids is 1. The van der Waals surface area contributed by atoms with Crippen LogP contribution >= 0.6 is 0 Å². The second kappa shape index (κ2) is 4.64. The SMILES string of the molecule is O.O=C(O)C1O[C@@H](O)[C@H](O)[C@H](O)[C@H]1O. The van der Waals surface area contributed by atoms with Crippen LogP contribution in [-0.4, -0.2) is 67.7 Å². The number of ether oxygens (including phenoxy) is 1. The Hall–Kier alpha value is -0.770. The van der Waals surface area contributed by atoms with Gasteiger partial charge in [0.15, 0.2) is 12.4 Å². The molecule has 14 heavy (non-hydrogen) atoms. The average molecular weight is 212 g/mol. The Kier molecular flexibility index (Phi) is 4.39. The summed E-state index contributed by atoms with van der Waals surface area (Å²) in [6.45, 7) is 0. The Morgan fingerprint density at radius 3 is 1.93 bits per heavy atom. The first kappa shape index (κ1) is 13.2. The van der Waals surface area contributed by atoms with Crippen LogP contribution in [0.3, 0.4) is 0 Å². The van der Waals surface area contributed by atoms with Gasteiger partial charge in [0.05, 0.1) is 0 Å². The van der Waals surface area contributed by atoms with E-state index in [1.54, 1.807) is 0 Å². The average Bonchev–Trinajstić information content (AvgIpc) is 2.07. The van der Waals surface area contributed by atoms with E-state index in [0.29, 0.717) is 0 Å². The monoisotopic (exact) mass is 212 g/mol. The lowest BCUT2D eigenvalue weighted by atomic mass is 9.99. The summed E-state index contributed by atoms with van der Waals surface area (Å²) in [5, 5.41) is 44.4. The van der Waals surface area contributed by atoms with E-state index in [9.17, 15) is 4.79 Å². The molecule has 1 fully saturated rings. The number of rotatable bonds is 1. The van der Waals surface area contributed by atoms with Crippen molar-refractivity contribution in [3.05, 3.63) is 0 Å². The Labute approximate surface area is 78.3 Å². The second-order valence-electron chi connectivity index (χ2n) is 2.76. The molecule has 0 spiro atoms. The molecule has 1 aliphatic rings. The quantitative estimate of drug-likeness (QED) is 0.296. The molecule has 1 aliphatic heterocycles. The Balaban J connectivity index is 0.00000169. The maximum Gasteiger partial charge on any atom is 0.335 e. The number of carboxylic acid groups (broad SMARTS) is 1. The highest BCUT2D eigenvalue weighted by molar-refractivity contribution is 5.73. The van der Waals surface area contributed by atoms with E-state index in [2.05, 4.69) is 4.74 Å². The Morgan fingerprint density at radius 2 is 1.50 bits per heavy atom. The molecule has 5 atom stereocenters. The molecule has 0 bridgehead atoms. The first-order chi connectivity index (χ1) is 5.95. The van der Waals surface area contributed by atoms with Crippen LogP contribution in [0.25, 0.3) is 0 Å². The van der Waals surface area contributed by atoms with Crippen molar-refractivity contribution < 1.29 is 40.5 Å². The zero-order chi connectivity index (χ0) is 10.2. The molecule has 1 rings (SSSR count). The van der Waals surface area contributed by atoms with Gasteiger partial charge in [-0.1, -0.05) is 0 Å². The summed E-state index contributed by atoms with van der Waals surface area (Å²) >= 11 is 0. The Bertz CT molecular complexity index is 206. The van der Waals surface area contributed by atoms with Gasteiger partial charge in [-0.15, -0.1) is 0 Å². The topological polar surface area (TPSA) is 159 Å².